The smallest absolute Gasteiger partial charge is 0.271 e. The number of rotatable bonds is 10. The second kappa shape index (κ2) is 11.1. The minimum atomic E-state index is -4.08. The molecule has 0 heterocycles. The van der Waals surface area contributed by atoms with Crippen LogP contribution in [0.5, 0.6) is 5.75 Å². The molecule has 2 N–H and O–H groups in total. The van der Waals surface area contributed by atoms with Crippen LogP contribution in [-0.2, 0) is 21.2 Å². The lowest BCUT2D eigenvalue weighted by Gasteiger charge is -2.20. The minimum Gasteiger partial charge on any atom is -0.494 e. The van der Waals surface area contributed by atoms with E-state index in [9.17, 15) is 23.3 Å². The van der Waals surface area contributed by atoms with E-state index in [2.05, 4.69) is 10.0 Å². The van der Waals surface area contributed by atoms with Crippen LogP contribution in [0.3, 0.4) is 0 Å². The molecular formula is C25H27N3O6S. The average Bonchev–Trinajstić information content (AvgIpc) is 2.81. The van der Waals surface area contributed by atoms with Gasteiger partial charge in [-0.2, -0.15) is 4.72 Å². The maximum Gasteiger partial charge on any atom is 0.271 e. The lowest BCUT2D eigenvalue weighted by atomic mass is 10.1. The third-order valence-electron chi connectivity index (χ3n) is 5.34. The Morgan fingerprint density at radius 3 is 2.37 bits per heavy atom. The van der Waals surface area contributed by atoms with Gasteiger partial charge in [0.1, 0.15) is 11.8 Å². The summed E-state index contributed by atoms with van der Waals surface area (Å²) in [6, 6.07) is 16.4. The van der Waals surface area contributed by atoms with Crippen LogP contribution in [0, 0.1) is 24.0 Å². The predicted molar refractivity (Wildman–Crippen MR) is 133 cm³/mol. The van der Waals surface area contributed by atoms with Crippen LogP contribution in [-0.4, -0.2) is 31.9 Å². The number of carbonyl (C=O) groups excluding carboxylic acids is 1. The molecule has 0 radical (unpaired) electrons. The highest BCUT2D eigenvalue weighted by atomic mass is 32.2. The SMILES string of the molecule is CCOc1ccc(S(=O)(=O)N[C@@H](Cc2ccccc2)C(=O)Nc2cc([N+](=O)[O-])ccc2C)cc1C. The Bertz CT molecular complexity index is 1330. The molecule has 0 bridgehead atoms. The highest BCUT2D eigenvalue weighted by Gasteiger charge is 2.27. The number of amides is 1. The molecule has 0 unspecified atom stereocenters. The summed E-state index contributed by atoms with van der Waals surface area (Å²) in [7, 11) is -4.08. The Morgan fingerprint density at radius 2 is 1.74 bits per heavy atom. The third-order valence-corrected chi connectivity index (χ3v) is 6.81. The standard InChI is InChI=1S/C25H27N3O6S/c1-4-34-24-13-12-21(14-18(24)3)35(32,33)27-23(15-19-8-6-5-7-9-19)25(29)26-22-16-20(28(30)31)11-10-17(22)2/h5-14,16,23,27H,4,15H2,1-3H3,(H,26,29)/t23-/m0/s1. The Labute approximate surface area is 204 Å². The number of non-ortho nitro benzene ring substituents is 1. The van der Waals surface area contributed by atoms with Gasteiger partial charge in [-0.15, -0.1) is 0 Å². The summed E-state index contributed by atoms with van der Waals surface area (Å²) in [5.74, 6) is -0.0603. The molecule has 10 heteroatoms. The van der Waals surface area contributed by atoms with Crippen LogP contribution < -0.4 is 14.8 Å². The van der Waals surface area contributed by atoms with E-state index < -0.39 is 26.9 Å². The fourth-order valence-electron chi connectivity index (χ4n) is 3.48. The first-order valence-corrected chi connectivity index (χ1v) is 12.4. The number of ether oxygens (including phenoxy) is 1. The van der Waals surface area contributed by atoms with Gasteiger partial charge in [-0.25, -0.2) is 8.42 Å². The molecule has 35 heavy (non-hydrogen) atoms. The summed E-state index contributed by atoms with van der Waals surface area (Å²) in [6.45, 7) is 5.71. The molecule has 9 nitrogen and oxygen atoms in total. The normalized spacial score (nSPS) is 12.1. The zero-order valence-corrected chi connectivity index (χ0v) is 20.5. The van der Waals surface area contributed by atoms with Crippen molar-refractivity contribution >= 4 is 27.3 Å². The summed E-state index contributed by atoms with van der Waals surface area (Å²) in [5.41, 5.74) is 2.04. The number of anilines is 1. The number of carbonyl (C=O) groups is 1. The molecule has 184 valence electrons. The van der Waals surface area contributed by atoms with E-state index >= 15 is 0 Å². The van der Waals surface area contributed by atoms with Gasteiger partial charge in [-0.05, 0) is 62.1 Å². The molecule has 0 saturated heterocycles. The number of aryl methyl sites for hydroxylation is 2. The maximum atomic E-state index is 13.2. The van der Waals surface area contributed by atoms with Gasteiger partial charge >= 0.3 is 0 Å². The number of nitro groups is 1. The molecule has 1 amide bonds. The Morgan fingerprint density at radius 1 is 1.03 bits per heavy atom. The summed E-state index contributed by atoms with van der Waals surface area (Å²) in [6.07, 6.45) is 0.0793. The molecular weight excluding hydrogens is 470 g/mol. The Hall–Kier alpha value is -3.76. The van der Waals surface area contributed by atoms with E-state index in [0.717, 1.165) is 5.56 Å². The molecule has 3 rings (SSSR count). The van der Waals surface area contributed by atoms with Crippen molar-refractivity contribution < 1.29 is 22.9 Å². The quantitative estimate of drug-likeness (QED) is 0.320. The molecule has 0 fully saturated rings. The van der Waals surface area contributed by atoms with Gasteiger partial charge in [0.15, 0.2) is 0 Å². The van der Waals surface area contributed by atoms with Crippen LogP contribution in [0.2, 0.25) is 0 Å². The fourth-order valence-corrected chi connectivity index (χ4v) is 4.76. The fraction of sp³-hybridized carbons (Fsp3) is 0.240. The number of hydrogen-bond donors (Lipinski definition) is 2. The van der Waals surface area contributed by atoms with Crippen LogP contribution in [0.4, 0.5) is 11.4 Å². The van der Waals surface area contributed by atoms with E-state index in [1.54, 1.807) is 44.2 Å². The molecule has 1 atom stereocenters. The first kappa shape index (κ1) is 25.9. The van der Waals surface area contributed by atoms with Crippen molar-refractivity contribution in [2.24, 2.45) is 0 Å². The predicted octanol–water partition coefficient (Wildman–Crippen LogP) is 4.14. The zero-order valence-electron chi connectivity index (χ0n) is 19.6. The molecule has 0 aliphatic heterocycles. The average molecular weight is 498 g/mol. The Balaban J connectivity index is 1.91. The lowest BCUT2D eigenvalue weighted by Crippen LogP contribution is -2.45. The van der Waals surface area contributed by atoms with Crippen molar-refractivity contribution in [1.29, 1.82) is 0 Å². The second-order valence-corrected chi connectivity index (χ2v) is 9.68. The van der Waals surface area contributed by atoms with Crippen molar-refractivity contribution in [3.63, 3.8) is 0 Å². The van der Waals surface area contributed by atoms with E-state index in [0.29, 0.717) is 23.5 Å². The van der Waals surface area contributed by atoms with Gasteiger partial charge in [-0.1, -0.05) is 36.4 Å². The van der Waals surface area contributed by atoms with Crippen molar-refractivity contribution in [3.05, 3.63) is 93.5 Å². The molecule has 3 aromatic carbocycles. The minimum absolute atomic E-state index is 0.00385. The topological polar surface area (TPSA) is 128 Å². The lowest BCUT2D eigenvalue weighted by molar-refractivity contribution is -0.384. The number of nitrogens with one attached hydrogen (secondary N) is 2. The second-order valence-electron chi connectivity index (χ2n) is 7.97. The monoisotopic (exact) mass is 497 g/mol. The molecule has 0 saturated carbocycles. The van der Waals surface area contributed by atoms with Gasteiger partial charge in [0.2, 0.25) is 15.9 Å². The summed E-state index contributed by atoms with van der Waals surface area (Å²) < 4.78 is 34.4. The summed E-state index contributed by atoms with van der Waals surface area (Å²) in [4.78, 5) is 23.8. The number of nitro benzene ring substituents is 1. The number of sulfonamides is 1. The third kappa shape index (κ3) is 6.65. The first-order valence-electron chi connectivity index (χ1n) is 11.0. The largest absolute Gasteiger partial charge is 0.494 e. The van der Waals surface area contributed by atoms with Gasteiger partial charge < -0.3 is 10.1 Å². The van der Waals surface area contributed by atoms with Crippen LogP contribution in [0.15, 0.2) is 71.6 Å². The zero-order chi connectivity index (χ0) is 25.6. The van der Waals surface area contributed by atoms with Gasteiger partial charge in [0.05, 0.1) is 22.1 Å². The van der Waals surface area contributed by atoms with Crippen molar-refractivity contribution in [1.82, 2.24) is 4.72 Å². The van der Waals surface area contributed by atoms with Crippen molar-refractivity contribution in [2.75, 3.05) is 11.9 Å². The number of benzene rings is 3. The van der Waals surface area contributed by atoms with Crippen molar-refractivity contribution in [2.45, 2.75) is 38.1 Å². The van der Waals surface area contributed by atoms with Crippen LogP contribution in [0.25, 0.3) is 0 Å². The molecule has 0 aliphatic rings. The van der Waals surface area contributed by atoms with Crippen LogP contribution >= 0.6 is 0 Å². The summed E-state index contributed by atoms with van der Waals surface area (Å²) in [5, 5.41) is 13.8. The van der Waals surface area contributed by atoms with Gasteiger partial charge in [-0.3, -0.25) is 14.9 Å². The Kier molecular flexibility index (Phi) is 8.21. The van der Waals surface area contributed by atoms with Gasteiger partial charge in [0, 0.05) is 12.1 Å². The van der Waals surface area contributed by atoms with Crippen LogP contribution in [0.1, 0.15) is 23.6 Å². The number of nitrogens with zero attached hydrogens (tertiary/aromatic N) is 1. The van der Waals surface area contributed by atoms with E-state index in [1.807, 2.05) is 13.0 Å². The van der Waals surface area contributed by atoms with E-state index in [4.69, 9.17) is 4.74 Å². The molecule has 0 aliphatic carbocycles. The van der Waals surface area contributed by atoms with E-state index in [-0.39, 0.29) is 22.7 Å². The number of hydrogen-bond acceptors (Lipinski definition) is 6. The molecule has 0 aromatic heterocycles. The highest BCUT2D eigenvalue weighted by Crippen LogP contribution is 2.24. The maximum absolute atomic E-state index is 13.2. The van der Waals surface area contributed by atoms with Gasteiger partial charge in [0.25, 0.3) is 5.69 Å². The molecule has 3 aromatic rings. The molecule has 0 spiro atoms. The first-order chi connectivity index (χ1) is 16.6. The van der Waals surface area contributed by atoms with E-state index in [1.165, 1.54) is 30.3 Å². The summed E-state index contributed by atoms with van der Waals surface area (Å²) >= 11 is 0. The highest BCUT2D eigenvalue weighted by molar-refractivity contribution is 7.89. The van der Waals surface area contributed by atoms with Crippen molar-refractivity contribution in [3.8, 4) is 5.75 Å².